The van der Waals surface area contributed by atoms with Crippen LogP contribution in [0.4, 0.5) is 0 Å². The second-order valence-electron chi connectivity index (χ2n) is 13.5. The standard InChI is InChI=1S/C31H42N2O6/c1-18-21(36-28(2,3)4)14-19(15-22(18)37-29(5,6)7)26-32-33-27(35-26)20-16-23(38-30(8,9)10)25(34)24(17-20)39-31(11,12)13/h14-17H,1H2,2-13H3. The van der Waals surface area contributed by atoms with Crippen LogP contribution in [0.1, 0.15) is 83.1 Å². The smallest absolute Gasteiger partial charge is 0.262 e. The Labute approximate surface area is 230 Å². The van der Waals surface area contributed by atoms with Crippen molar-refractivity contribution in [2.45, 2.75) is 105 Å². The lowest BCUT2D eigenvalue weighted by Gasteiger charge is -2.28. The number of carbonyl (C=O) groups is 1. The second-order valence-corrected chi connectivity index (χ2v) is 13.5. The van der Waals surface area contributed by atoms with Crippen molar-refractivity contribution in [2.24, 2.45) is 0 Å². The molecule has 3 rings (SSSR count). The molecule has 2 aromatic rings. The van der Waals surface area contributed by atoms with Gasteiger partial charge in [0.15, 0.2) is 11.5 Å². The van der Waals surface area contributed by atoms with E-state index in [9.17, 15) is 4.79 Å². The Morgan fingerprint density at radius 3 is 1.41 bits per heavy atom. The first-order valence-electron chi connectivity index (χ1n) is 13.1. The molecular formula is C31H42N2O6. The zero-order chi connectivity index (χ0) is 29.6. The quantitative estimate of drug-likeness (QED) is 0.521. The van der Waals surface area contributed by atoms with Crippen LogP contribution in [0.25, 0.3) is 12.2 Å². The molecule has 0 saturated heterocycles. The Bertz CT molecular complexity index is 1440. The third-order valence-electron chi connectivity index (χ3n) is 4.77. The van der Waals surface area contributed by atoms with E-state index in [0.717, 1.165) is 0 Å². The van der Waals surface area contributed by atoms with E-state index in [4.69, 9.17) is 23.4 Å². The molecule has 1 aromatic carbocycles. The molecule has 8 heteroatoms. The predicted molar refractivity (Wildman–Crippen MR) is 150 cm³/mol. The van der Waals surface area contributed by atoms with Crippen LogP contribution in [0.2, 0.25) is 0 Å². The van der Waals surface area contributed by atoms with Crippen LogP contribution < -0.4 is 20.2 Å². The maximum Gasteiger partial charge on any atom is 0.262 e. The zero-order valence-electron chi connectivity index (χ0n) is 25.4. The number of hydrogen-bond donors (Lipinski definition) is 0. The summed E-state index contributed by atoms with van der Waals surface area (Å²) in [6.45, 7) is 27.2. The van der Waals surface area contributed by atoms with Gasteiger partial charge in [-0.1, -0.05) is 6.58 Å². The first-order chi connectivity index (χ1) is 17.6. The van der Waals surface area contributed by atoms with Crippen molar-refractivity contribution in [3.05, 3.63) is 57.3 Å². The molecule has 0 fully saturated rings. The third-order valence-corrected chi connectivity index (χ3v) is 4.77. The van der Waals surface area contributed by atoms with E-state index in [1.54, 1.807) is 12.2 Å². The van der Waals surface area contributed by atoms with Crippen molar-refractivity contribution in [1.29, 1.82) is 0 Å². The van der Waals surface area contributed by atoms with Crippen LogP contribution in [-0.4, -0.2) is 38.4 Å². The number of aromatic nitrogens is 2. The van der Waals surface area contributed by atoms with Crippen molar-refractivity contribution in [1.82, 2.24) is 10.2 Å². The van der Waals surface area contributed by atoms with Gasteiger partial charge in [0.05, 0.1) is 5.22 Å². The van der Waals surface area contributed by atoms with Crippen molar-refractivity contribution >= 4 is 17.9 Å². The number of benzene rings is 1. The Hall–Kier alpha value is -3.55. The van der Waals surface area contributed by atoms with Gasteiger partial charge in [-0.25, -0.2) is 0 Å². The molecule has 0 spiro atoms. The number of allylic oxidation sites excluding steroid dienone is 2. The Kier molecular flexibility index (Phi) is 7.85. The molecule has 1 heterocycles. The minimum atomic E-state index is -0.598. The third kappa shape index (κ3) is 8.47. The molecule has 0 unspecified atom stereocenters. The van der Waals surface area contributed by atoms with Crippen LogP contribution >= 0.6 is 0 Å². The lowest BCUT2D eigenvalue weighted by atomic mass is 10.0. The minimum Gasteiger partial charge on any atom is -0.487 e. The molecule has 0 atom stereocenters. The first-order valence-corrected chi connectivity index (χ1v) is 13.1. The molecule has 1 aromatic heterocycles. The lowest BCUT2D eigenvalue weighted by Crippen LogP contribution is -2.29. The SMILES string of the molecule is C=c1c(OC(C)(C)C)cc(=c2nnc(=C3C=C(OC(C)(C)C)C(=O)C(OC(C)(C)C)=C3)o2)cc1OC(C)(C)C. The minimum absolute atomic E-state index is 0.141. The molecule has 0 N–H and O–H groups in total. The Morgan fingerprint density at radius 1 is 0.641 bits per heavy atom. The largest absolute Gasteiger partial charge is 0.487 e. The lowest BCUT2D eigenvalue weighted by molar-refractivity contribution is -0.123. The molecule has 212 valence electrons. The van der Waals surface area contributed by atoms with Crippen molar-refractivity contribution in [2.75, 3.05) is 0 Å². The van der Waals surface area contributed by atoms with E-state index >= 15 is 0 Å². The molecule has 1 aliphatic rings. The average molecular weight is 539 g/mol. The van der Waals surface area contributed by atoms with E-state index in [1.807, 2.05) is 95.2 Å². The maximum atomic E-state index is 13.1. The molecule has 0 bridgehead atoms. The predicted octanol–water partition coefficient (Wildman–Crippen LogP) is 5.25. The fraction of sp³-hybridized carbons (Fsp3) is 0.516. The van der Waals surface area contributed by atoms with Crippen molar-refractivity contribution < 1.29 is 28.2 Å². The fourth-order valence-corrected chi connectivity index (χ4v) is 3.55. The average Bonchev–Trinajstić information content (AvgIpc) is 3.20. The zero-order valence-corrected chi connectivity index (χ0v) is 25.4. The van der Waals surface area contributed by atoms with E-state index in [-0.39, 0.29) is 28.4 Å². The van der Waals surface area contributed by atoms with E-state index < -0.39 is 22.4 Å². The molecule has 0 saturated carbocycles. The summed E-state index contributed by atoms with van der Waals surface area (Å²) in [7, 11) is 0. The summed E-state index contributed by atoms with van der Waals surface area (Å²) in [5, 5.41) is 9.80. The highest BCUT2D eigenvalue weighted by Crippen LogP contribution is 2.28. The summed E-state index contributed by atoms with van der Waals surface area (Å²) >= 11 is 0. The monoisotopic (exact) mass is 538 g/mol. The van der Waals surface area contributed by atoms with Crippen LogP contribution in [0, 0.1) is 10.8 Å². The number of carbonyl (C=O) groups excluding carboxylic acids is 1. The number of ketones is 1. The highest BCUT2D eigenvalue weighted by Gasteiger charge is 2.30. The van der Waals surface area contributed by atoms with Gasteiger partial charge in [-0.15, -0.1) is 10.2 Å². The molecule has 8 nitrogen and oxygen atoms in total. The summed E-state index contributed by atoms with van der Waals surface area (Å²) in [6.07, 6.45) is 3.20. The summed E-state index contributed by atoms with van der Waals surface area (Å²) in [5.41, 5.74) is -1.16. The number of hydrogen-bond acceptors (Lipinski definition) is 8. The maximum absolute atomic E-state index is 13.1. The van der Waals surface area contributed by atoms with E-state index in [1.165, 1.54) is 0 Å². The fourth-order valence-electron chi connectivity index (χ4n) is 3.55. The first kappa shape index (κ1) is 30.0. The van der Waals surface area contributed by atoms with Gasteiger partial charge in [0.25, 0.3) is 5.78 Å². The normalized spacial score (nSPS) is 15.1. The summed E-state index contributed by atoms with van der Waals surface area (Å²) in [5.74, 6) is 1.04. The molecule has 39 heavy (non-hydrogen) atoms. The topological polar surface area (TPSA) is 92.9 Å². The van der Waals surface area contributed by atoms with Gasteiger partial charge in [-0.2, -0.15) is 0 Å². The summed E-state index contributed by atoms with van der Waals surface area (Å²) in [6, 6.07) is 3.62. The molecule has 0 amide bonds. The van der Waals surface area contributed by atoms with Gasteiger partial charge in [0, 0.05) is 10.8 Å². The second kappa shape index (κ2) is 10.2. The van der Waals surface area contributed by atoms with Gasteiger partial charge in [0.2, 0.25) is 11.1 Å². The number of rotatable bonds is 4. The Morgan fingerprint density at radius 2 is 1.03 bits per heavy atom. The van der Waals surface area contributed by atoms with Crippen LogP contribution in [0.3, 0.4) is 0 Å². The highest BCUT2D eigenvalue weighted by molar-refractivity contribution is 6.10. The number of Topliss-reactive ketones (excluding diaryl/α,β-unsaturated/α-hetero) is 1. The van der Waals surface area contributed by atoms with Crippen LogP contribution in [0.5, 0.6) is 11.5 Å². The van der Waals surface area contributed by atoms with Crippen LogP contribution in [-0.2, 0) is 14.3 Å². The van der Waals surface area contributed by atoms with Gasteiger partial charge < -0.3 is 23.4 Å². The van der Waals surface area contributed by atoms with E-state index in [2.05, 4.69) is 16.8 Å². The van der Waals surface area contributed by atoms with E-state index in [0.29, 0.717) is 27.5 Å². The summed E-state index contributed by atoms with van der Waals surface area (Å²) in [4.78, 5) is 13.1. The van der Waals surface area contributed by atoms with Gasteiger partial charge in [0.1, 0.15) is 33.9 Å². The molecule has 0 radical (unpaired) electrons. The Balaban J connectivity index is 2.30. The van der Waals surface area contributed by atoms with Crippen molar-refractivity contribution in [3.8, 4) is 11.5 Å². The molecule has 0 aliphatic heterocycles. The molecule has 1 aliphatic carbocycles. The van der Waals surface area contributed by atoms with Gasteiger partial charge in [-0.3, -0.25) is 4.79 Å². The van der Waals surface area contributed by atoms with Crippen molar-refractivity contribution in [3.63, 3.8) is 0 Å². The highest BCUT2D eigenvalue weighted by atomic mass is 16.5. The van der Waals surface area contributed by atoms with Gasteiger partial charge >= 0.3 is 0 Å². The summed E-state index contributed by atoms with van der Waals surface area (Å²) < 4.78 is 30.4. The number of nitrogens with zero attached hydrogens (tertiary/aromatic N) is 2. The van der Waals surface area contributed by atoms with Crippen LogP contribution in [0.15, 0.2) is 40.2 Å². The molecular weight excluding hydrogens is 496 g/mol. The number of ether oxygens (including phenoxy) is 4. The van der Waals surface area contributed by atoms with Gasteiger partial charge in [-0.05, 0) is 107 Å².